The van der Waals surface area contributed by atoms with Crippen LogP contribution >= 0.6 is 11.6 Å². The number of halogens is 1. The average molecular weight is 311 g/mol. The van der Waals surface area contributed by atoms with E-state index in [1.54, 1.807) is 24.3 Å². The van der Waals surface area contributed by atoms with Crippen molar-refractivity contribution >= 4 is 27.4 Å². The molecule has 0 saturated carbocycles. The quantitative estimate of drug-likeness (QED) is 0.942. The van der Waals surface area contributed by atoms with Crippen LogP contribution in [0.15, 0.2) is 59.5 Å². The maximum atomic E-state index is 12.5. The number of carboxylic acid groups (broad SMARTS) is 1. The Balaban J connectivity index is 2.61. The molecule has 0 aliphatic carbocycles. The number of benzene rings is 2. The van der Waals surface area contributed by atoms with E-state index in [2.05, 4.69) is 0 Å². The van der Waals surface area contributed by atoms with Crippen LogP contribution in [0.1, 0.15) is 10.8 Å². The third kappa shape index (κ3) is 2.69. The van der Waals surface area contributed by atoms with Crippen LogP contribution in [0.4, 0.5) is 0 Å². The van der Waals surface area contributed by atoms with Crippen molar-refractivity contribution in [2.45, 2.75) is 10.1 Å². The molecule has 0 heterocycles. The van der Waals surface area contributed by atoms with Crippen molar-refractivity contribution in [1.82, 2.24) is 0 Å². The minimum Gasteiger partial charge on any atom is -0.480 e. The lowest BCUT2D eigenvalue weighted by atomic mass is 10.1. The SMILES string of the molecule is O=C(O)C(c1ccccc1)S(=O)(=O)c1ccccc1Cl. The van der Waals surface area contributed by atoms with Gasteiger partial charge in [-0.15, -0.1) is 0 Å². The molecule has 20 heavy (non-hydrogen) atoms. The number of aliphatic carboxylic acids is 1. The topological polar surface area (TPSA) is 71.4 Å². The highest BCUT2D eigenvalue weighted by Gasteiger charge is 2.36. The Hall–Kier alpha value is -1.85. The van der Waals surface area contributed by atoms with Crippen molar-refractivity contribution in [1.29, 1.82) is 0 Å². The summed E-state index contributed by atoms with van der Waals surface area (Å²) in [4.78, 5) is 11.2. The van der Waals surface area contributed by atoms with Gasteiger partial charge in [-0.3, -0.25) is 4.79 Å². The Labute approximate surface area is 121 Å². The molecule has 0 radical (unpaired) electrons. The van der Waals surface area contributed by atoms with Gasteiger partial charge in [-0.05, 0) is 17.7 Å². The van der Waals surface area contributed by atoms with Gasteiger partial charge in [-0.1, -0.05) is 54.1 Å². The minimum atomic E-state index is -4.12. The van der Waals surface area contributed by atoms with Crippen molar-refractivity contribution in [3.63, 3.8) is 0 Å². The van der Waals surface area contributed by atoms with E-state index in [9.17, 15) is 18.3 Å². The molecule has 0 aliphatic heterocycles. The normalized spacial score (nSPS) is 12.8. The minimum absolute atomic E-state index is 0.00896. The summed E-state index contributed by atoms with van der Waals surface area (Å²) < 4.78 is 25.1. The van der Waals surface area contributed by atoms with Crippen molar-refractivity contribution in [2.75, 3.05) is 0 Å². The second-order valence-corrected chi connectivity index (χ2v) is 6.51. The van der Waals surface area contributed by atoms with Crippen molar-refractivity contribution in [3.8, 4) is 0 Å². The van der Waals surface area contributed by atoms with E-state index >= 15 is 0 Å². The third-order valence-electron chi connectivity index (χ3n) is 2.78. The molecule has 2 aromatic carbocycles. The smallest absolute Gasteiger partial charge is 0.326 e. The molecule has 1 atom stereocenters. The first-order chi connectivity index (χ1) is 9.44. The van der Waals surface area contributed by atoms with Gasteiger partial charge < -0.3 is 5.11 Å². The fourth-order valence-electron chi connectivity index (χ4n) is 1.88. The first-order valence-electron chi connectivity index (χ1n) is 5.71. The predicted octanol–water partition coefficient (Wildman–Crippen LogP) is 2.94. The van der Waals surface area contributed by atoms with Gasteiger partial charge in [-0.25, -0.2) is 8.42 Å². The largest absolute Gasteiger partial charge is 0.480 e. The van der Waals surface area contributed by atoms with Gasteiger partial charge in [0.2, 0.25) is 0 Å². The molecule has 4 nitrogen and oxygen atoms in total. The molecular weight excluding hydrogens is 300 g/mol. The molecule has 104 valence electrons. The highest BCUT2D eigenvalue weighted by atomic mass is 35.5. The zero-order valence-electron chi connectivity index (χ0n) is 10.2. The van der Waals surface area contributed by atoms with Gasteiger partial charge in [0.25, 0.3) is 0 Å². The molecule has 1 unspecified atom stereocenters. The maximum absolute atomic E-state index is 12.5. The molecule has 0 bridgehead atoms. The number of hydrogen-bond acceptors (Lipinski definition) is 3. The molecule has 0 amide bonds. The van der Waals surface area contributed by atoms with Crippen LogP contribution in [-0.2, 0) is 14.6 Å². The second-order valence-electron chi connectivity index (χ2n) is 4.10. The van der Waals surface area contributed by atoms with Gasteiger partial charge in [0.1, 0.15) is 0 Å². The standard InChI is InChI=1S/C14H11ClO4S/c15-11-8-4-5-9-12(11)20(18,19)13(14(16)17)10-6-2-1-3-7-10/h1-9,13H,(H,16,17). The highest BCUT2D eigenvalue weighted by molar-refractivity contribution is 7.92. The Morgan fingerprint density at radius 2 is 1.55 bits per heavy atom. The summed E-state index contributed by atoms with van der Waals surface area (Å²) in [6.07, 6.45) is 0. The lowest BCUT2D eigenvalue weighted by Gasteiger charge is -2.14. The third-order valence-corrected chi connectivity index (χ3v) is 5.29. The van der Waals surface area contributed by atoms with Crippen LogP contribution in [0.2, 0.25) is 5.02 Å². The van der Waals surface area contributed by atoms with Crippen LogP contribution in [0, 0.1) is 0 Å². The van der Waals surface area contributed by atoms with E-state index in [-0.39, 0.29) is 15.5 Å². The van der Waals surface area contributed by atoms with E-state index in [1.165, 1.54) is 30.3 Å². The summed E-state index contributed by atoms with van der Waals surface area (Å²) in [5.74, 6) is -1.43. The Morgan fingerprint density at radius 1 is 1.00 bits per heavy atom. The fourth-order valence-corrected chi connectivity index (χ4v) is 3.99. The zero-order valence-corrected chi connectivity index (χ0v) is 11.8. The van der Waals surface area contributed by atoms with Crippen LogP contribution in [-0.4, -0.2) is 19.5 Å². The maximum Gasteiger partial charge on any atom is 0.326 e. The summed E-state index contributed by atoms with van der Waals surface area (Å²) in [6, 6.07) is 13.6. The van der Waals surface area contributed by atoms with Gasteiger partial charge in [0, 0.05) is 0 Å². The molecule has 1 N–H and O–H groups in total. The highest BCUT2D eigenvalue weighted by Crippen LogP contribution is 2.32. The predicted molar refractivity (Wildman–Crippen MR) is 75.5 cm³/mol. The van der Waals surface area contributed by atoms with Gasteiger partial charge in [0.05, 0.1) is 9.92 Å². The number of rotatable bonds is 4. The van der Waals surface area contributed by atoms with Gasteiger partial charge >= 0.3 is 5.97 Å². The fraction of sp³-hybridized carbons (Fsp3) is 0.0714. The number of carboxylic acids is 1. The molecule has 0 aromatic heterocycles. The van der Waals surface area contributed by atoms with Crippen molar-refractivity contribution in [2.24, 2.45) is 0 Å². The molecule has 0 spiro atoms. The lowest BCUT2D eigenvalue weighted by molar-refractivity contribution is -0.136. The van der Waals surface area contributed by atoms with Gasteiger partial charge in [-0.2, -0.15) is 0 Å². The molecule has 0 fully saturated rings. The molecule has 0 saturated heterocycles. The first kappa shape index (κ1) is 14.6. The van der Waals surface area contributed by atoms with Gasteiger partial charge in [0.15, 0.2) is 15.1 Å². The molecule has 6 heteroatoms. The van der Waals surface area contributed by atoms with Crippen LogP contribution in [0.3, 0.4) is 0 Å². The first-order valence-corrected chi connectivity index (χ1v) is 7.63. The molecule has 2 aromatic rings. The van der Waals surface area contributed by atoms with Crippen LogP contribution < -0.4 is 0 Å². The summed E-state index contributed by atoms with van der Waals surface area (Å²) in [5, 5.41) is 7.62. The van der Waals surface area contributed by atoms with E-state index in [0.717, 1.165) is 0 Å². The zero-order chi connectivity index (χ0) is 14.8. The summed E-state index contributed by atoms with van der Waals surface area (Å²) in [5.41, 5.74) is 0.194. The molecule has 2 rings (SSSR count). The van der Waals surface area contributed by atoms with Crippen molar-refractivity contribution in [3.05, 3.63) is 65.2 Å². The van der Waals surface area contributed by atoms with E-state index in [1.807, 2.05) is 0 Å². The van der Waals surface area contributed by atoms with E-state index in [4.69, 9.17) is 11.6 Å². The van der Waals surface area contributed by atoms with E-state index < -0.39 is 21.1 Å². The molecular formula is C14H11ClO4S. The molecule has 0 aliphatic rings. The Morgan fingerprint density at radius 3 is 2.10 bits per heavy atom. The average Bonchev–Trinajstić information content (AvgIpc) is 2.39. The Bertz CT molecular complexity index is 726. The number of carbonyl (C=O) groups is 1. The van der Waals surface area contributed by atoms with Crippen LogP contribution in [0.5, 0.6) is 0 Å². The van der Waals surface area contributed by atoms with Crippen molar-refractivity contribution < 1.29 is 18.3 Å². The Kier molecular flexibility index (Phi) is 4.11. The summed E-state index contributed by atoms with van der Waals surface area (Å²) >= 11 is 5.87. The van der Waals surface area contributed by atoms with E-state index in [0.29, 0.717) is 0 Å². The van der Waals surface area contributed by atoms with Crippen LogP contribution in [0.25, 0.3) is 0 Å². The lowest BCUT2D eigenvalue weighted by Crippen LogP contribution is -2.22. The number of hydrogen-bond donors (Lipinski definition) is 1. The number of sulfone groups is 1. The summed E-state index contributed by atoms with van der Waals surface area (Å²) in [6.45, 7) is 0. The summed E-state index contributed by atoms with van der Waals surface area (Å²) in [7, 11) is -4.12. The monoisotopic (exact) mass is 310 g/mol. The second kappa shape index (κ2) is 5.64.